The smallest absolute Gasteiger partial charge is 0.244 e. The molecule has 2 aromatic carbocycles. The van der Waals surface area contributed by atoms with Crippen LogP contribution in [-0.2, 0) is 38.2 Å². The molecule has 3 heterocycles. The summed E-state index contributed by atoms with van der Waals surface area (Å²) < 4.78 is 28.8. The molecule has 2 aliphatic heterocycles. The summed E-state index contributed by atoms with van der Waals surface area (Å²) in [7, 11) is 0. The molecule has 44 heavy (non-hydrogen) atoms. The van der Waals surface area contributed by atoms with Gasteiger partial charge in [-0.25, -0.2) is 13.8 Å². The number of carbonyl (C=O) groups is 3. The highest BCUT2D eigenvalue weighted by atomic mass is 19.1. The highest BCUT2D eigenvalue weighted by molar-refractivity contribution is 6.06. The van der Waals surface area contributed by atoms with Crippen molar-refractivity contribution in [1.82, 2.24) is 15.2 Å². The van der Waals surface area contributed by atoms with Gasteiger partial charge in [-0.05, 0) is 79.6 Å². The summed E-state index contributed by atoms with van der Waals surface area (Å²) in [6.45, 7) is 1.73. The van der Waals surface area contributed by atoms with Crippen LogP contribution < -0.4 is 16.0 Å². The molecular formula is C34H35F2N5O3. The first-order chi connectivity index (χ1) is 21.1. The summed E-state index contributed by atoms with van der Waals surface area (Å²) in [6, 6.07) is 12.7. The lowest BCUT2D eigenvalue weighted by Gasteiger charge is -2.52. The van der Waals surface area contributed by atoms with Gasteiger partial charge < -0.3 is 20.9 Å². The number of rotatable bonds is 4. The molecule has 1 aromatic heterocycles. The van der Waals surface area contributed by atoms with Crippen molar-refractivity contribution in [3.05, 3.63) is 88.6 Å². The zero-order valence-electron chi connectivity index (χ0n) is 24.6. The van der Waals surface area contributed by atoms with Gasteiger partial charge in [0.2, 0.25) is 17.7 Å². The molecule has 1 saturated carbocycles. The van der Waals surface area contributed by atoms with Crippen LogP contribution in [-0.4, -0.2) is 46.2 Å². The van der Waals surface area contributed by atoms with Crippen molar-refractivity contribution < 1.29 is 23.2 Å². The fourth-order valence-electron chi connectivity index (χ4n) is 7.78. The van der Waals surface area contributed by atoms with Crippen LogP contribution in [0.1, 0.15) is 67.7 Å². The van der Waals surface area contributed by atoms with E-state index < -0.39 is 34.0 Å². The van der Waals surface area contributed by atoms with Crippen molar-refractivity contribution in [1.29, 1.82) is 0 Å². The molecule has 3 aromatic rings. The van der Waals surface area contributed by atoms with Gasteiger partial charge in [-0.1, -0.05) is 37.8 Å². The van der Waals surface area contributed by atoms with Crippen molar-refractivity contribution in [3.8, 4) is 0 Å². The van der Waals surface area contributed by atoms with Gasteiger partial charge >= 0.3 is 0 Å². The Balaban J connectivity index is 1.15. The minimum absolute atomic E-state index is 0.0780. The van der Waals surface area contributed by atoms with E-state index in [4.69, 9.17) is 0 Å². The molecule has 3 amide bonds. The van der Waals surface area contributed by atoms with Crippen LogP contribution in [0.2, 0.25) is 0 Å². The largest absolute Gasteiger partial charge is 0.325 e. The third kappa shape index (κ3) is 4.58. The molecule has 7 rings (SSSR count). The molecule has 10 heteroatoms. The predicted octanol–water partition coefficient (Wildman–Crippen LogP) is 4.73. The van der Waals surface area contributed by atoms with Crippen LogP contribution in [0.4, 0.5) is 20.3 Å². The van der Waals surface area contributed by atoms with Gasteiger partial charge in [0, 0.05) is 30.1 Å². The highest BCUT2D eigenvalue weighted by Gasteiger charge is 2.53. The lowest BCUT2D eigenvalue weighted by Crippen LogP contribution is -2.71. The van der Waals surface area contributed by atoms with Gasteiger partial charge in [0.15, 0.2) is 0 Å². The minimum atomic E-state index is -1.16. The first-order valence-corrected chi connectivity index (χ1v) is 15.3. The zero-order valence-corrected chi connectivity index (χ0v) is 24.6. The number of piperazine rings is 1. The standard InChI is InChI=1S/C34H35F2N5O3/c1-32(23-14-24(35)16-25(36)15-23)20-38-34(10-4-2-3-5-11-34)31(44)41(32)19-28(42)39-26-9-8-21-17-33(18-22(21)13-26)27-7-6-12-37-29(27)40-30(33)43/h6-9,12-16,38H,2-5,10-11,17-20H2,1H3,(H,39,42)(H,37,40,43). The summed E-state index contributed by atoms with van der Waals surface area (Å²) in [5.74, 6) is -1.59. The second kappa shape index (κ2) is 10.5. The number of hydrogen-bond acceptors (Lipinski definition) is 5. The average molecular weight is 600 g/mol. The summed E-state index contributed by atoms with van der Waals surface area (Å²) in [5.41, 5.74) is 1.03. The number of hydrogen-bond donors (Lipinski definition) is 3. The average Bonchev–Trinajstić information content (AvgIpc) is 3.39. The Morgan fingerprint density at radius 2 is 1.70 bits per heavy atom. The molecule has 0 bridgehead atoms. The number of amides is 3. The molecule has 3 N–H and O–H groups in total. The molecular weight excluding hydrogens is 564 g/mol. The van der Waals surface area contributed by atoms with Crippen molar-refractivity contribution in [2.24, 2.45) is 0 Å². The second-order valence-corrected chi connectivity index (χ2v) is 13.0. The molecule has 2 fully saturated rings. The fraction of sp³-hybridized carbons (Fsp3) is 0.412. The number of aromatic nitrogens is 1. The molecule has 2 spiro atoms. The van der Waals surface area contributed by atoms with Crippen molar-refractivity contribution in [2.75, 3.05) is 23.7 Å². The number of carbonyl (C=O) groups excluding carboxylic acids is 3. The Morgan fingerprint density at radius 3 is 2.45 bits per heavy atom. The Labute approximate surface area is 254 Å². The number of pyridine rings is 1. The molecule has 228 valence electrons. The maximum atomic E-state index is 14.4. The summed E-state index contributed by atoms with van der Waals surface area (Å²) >= 11 is 0. The lowest BCUT2D eigenvalue weighted by atomic mass is 9.79. The third-order valence-electron chi connectivity index (χ3n) is 10.2. The Bertz CT molecular complexity index is 1670. The number of halogens is 2. The number of benzene rings is 2. The van der Waals surface area contributed by atoms with E-state index in [1.165, 1.54) is 17.0 Å². The fourth-order valence-corrected chi connectivity index (χ4v) is 7.78. The van der Waals surface area contributed by atoms with Crippen LogP contribution >= 0.6 is 0 Å². The van der Waals surface area contributed by atoms with Crippen LogP contribution in [0.5, 0.6) is 0 Å². The van der Waals surface area contributed by atoms with E-state index in [0.29, 0.717) is 42.8 Å². The van der Waals surface area contributed by atoms with Crippen LogP contribution in [0.3, 0.4) is 0 Å². The number of nitrogens with zero attached hydrogens (tertiary/aromatic N) is 2. The predicted molar refractivity (Wildman–Crippen MR) is 161 cm³/mol. The molecule has 4 aliphatic rings. The van der Waals surface area contributed by atoms with E-state index in [-0.39, 0.29) is 24.9 Å². The minimum Gasteiger partial charge on any atom is -0.325 e. The summed E-state index contributed by atoms with van der Waals surface area (Å²) in [6.07, 6.45) is 7.83. The quantitative estimate of drug-likeness (QED) is 0.403. The molecule has 2 atom stereocenters. The Hall–Kier alpha value is -4.18. The molecule has 8 nitrogen and oxygen atoms in total. The molecule has 0 radical (unpaired) electrons. The van der Waals surface area contributed by atoms with E-state index in [9.17, 15) is 23.2 Å². The van der Waals surface area contributed by atoms with Crippen molar-refractivity contribution >= 4 is 29.2 Å². The van der Waals surface area contributed by atoms with E-state index in [1.54, 1.807) is 19.2 Å². The van der Waals surface area contributed by atoms with Crippen LogP contribution in [0.25, 0.3) is 0 Å². The lowest BCUT2D eigenvalue weighted by molar-refractivity contribution is -0.154. The molecule has 1 saturated heterocycles. The Morgan fingerprint density at radius 1 is 0.977 bits per heavy atom. The van der Waals surface area contributed by atoms with Gasteiger partial charge in [-0.3, -0.25) is 14.4 Å². The van der Waals surface area contributed by atoms with Gasteiger partial charge in [-0.2, -0.15) is 0 Å². The summed E-state index contributed by atoms with van der Waals surface area (Å²) in [5, 5.41) is 9.32. The third-order valence-corrected chi connectivity index (χ3v) is 10.2. The van der Waals surface area contributed by atoms with Gasteiger partial charge in [0.1, 0.15) is 24.0 Å². The van der Waals surface area contributed by atoms with E-state index in [2.05, 4.69) is 20.9 Å². The zero-order chi connectivity index (χ0) is 30.7. The van der Waals surface area contributed by atoms with Crippen LogP contribution in [0, 0.1) is 11.6 Å². The second-order valence-electron chi connectivity index (χ2n) is 13.0. The SMILES string of the molecule is CC1(c2cc(F)cc(F)c2)CNC2(CCCCCC2)C(=O)N1CC(=O)Nc1ccc2c(c1)CC1(C2)C(=O)Nc2ncccc21. The summed E-state index contributed by atoms with van der Waals surface area (Å²) in [4.78, 5) is 46.8. The number of anilines is 2. The molecule has 2 aliphatic carbocycles. The highest BCUT2D eigenvalue weighted by Crippen LogP contribution is 2.47. The van der Waals surface area contributed by atoms with Gasteiger partial charge in [0.05, 0.1) is 16.5 Å². The number of nitrogens with one attached hydrogen (secondary N) is 3. The first-order valence-electron chi connectivity index (χ1n) is 15.3. The normalized spacial score (nSPS) is 25.5. The molecule has 2 unspecified atom stereocenters. The van der Waals surface area contributed by atoms with Crippen molar-refractivity contribution in [2.45, 2.75) is 74.8 Å². The van der Waals surface area contributed by atoms with Gasteiger partial charge in [0.25, 0.3) is 0 Å². The maximum Gasteiger partial charge on any atom is 0.244 e. The van der Waals surface area contributed by atoms with E-state index in [0.717, 1.165) is 48.4 Å². The number of fused-ring (bicyclic) bond motifs is 3. The first kappa shape index (κ1) is 28.6. The van der Waals surface area contributed by atoms with Crippen molar-refractivity contribution in [3.63, 3.8) is 0 Å². The van der Waals surface area contributed by atoms with Gasteiger partial charge in [-0.15, -0.1) is 0 Å². The Kier molecular flexibility index (Phi) is 6.80. The van der Waals surface area contributed by atoms with Crippen LogP contribution in [0.15, 0.2) is 54.7 Å². The topological polar surface area (TPSA) is 103 Å². The maximum absolute atomic E-state index is 14.4. The monoisotopic (exact) mass is 599 g/mol. The van der Waals surface area contributed by atoms with E-state index >= 15 is 0 Å². The van der Waals surface area contributed by atoms with E-state index in [1.807, 2.05) is 24.3 Å².